The van der Waals surface area contributed by atoms with Crippen LogP contribution in [0.5, 0.6) is 0 Å². The predicted octanol–water partition coefficient (Wildman–Crippen LogP) is 1.85. The monoisotopic (exact) mass is 113 g/mol. The van der Waals surface area contributed by atoms with Crippen LogP contribution in [0.1, 0.15) is 0 Å². The first-order valence-electron chi connectivity index (χ1n) is 1.19. The number of rotatable bonds is 0. The molecule has 0 amide bonds. The molecule has 25 valence electrons. The topological polar surface area (TPSA) is 0 Å². The van der Waals surface area contributed by atoms with E-state index in [1.165, 1.54) is 0 Å². The second kappa shape index (κ2) is 2.25. The summed E-state index contributed by atoms with van der Waals surface area (Å²) in [5, 5.41) is 4.20. The summed E-state index contributed by atoms with van der Waals surface area (Å²) in [5.74, 6) is 0. The molecule has 0 bridgehead atoms. The van der Waals surface area contributed by atoms with Crippen LogP contribution in [0.15, 0.2) is 0 Å². The van der Waals surface area contributed by atoms with E-state index in [0.29, 0.717) is 0 Å². The molecular formula is C2H6ClTi. The Bertz CT molecular complexity index is 10.8. The summed E-state index contributed by atoms with van der Waals surface area (Å²) in [6.07, 6.45) is 0. The molecule has 0 nitrogen and oxygen atoms in total. The zero-order valence-electron chi connectivity index (χ0n) is 2.88. The van der Waals surface area contributed by atoms with Crippen LogP contribution in [0, 0.1) is 0 Å². The van der Waals surface area contributed by atoms with Gasteiger partial charge in [0.2, 0.25) is 0 Å². The van der Waals surface area contributed by atoms with E-state index >= 15 is 0 Å². The Hall–Kier alpha value is 1.00. The first-order chi connectivity index (χ1) is 1.73. The second-order valence-electron chi connectivity index (χ2n) is 0.878. The molecule has 0 spiro atoms. The zero-order chi connectivity index (χ0) is 3.58. The summed E-state index contributed by atoms with van der Waals surface area (Å²) < 4.78 is 0. The minimum absolute atomic E-state index is 0.861. The van der Waals surface area contributed by atoms with E-state index in [-0.39, 0.29) is 0 Å². The van der Waals surface area contributed by atoms with Crippen molar-refractivity contribution in [1.82, 2.24) is 0 Å². The Kier molecular flexibility index (Phi) is 2.82. The number of hydrogen-bond donors (Lipinski definition) is 0. The van der Waals surface area contributed by atoms with Gasteiger partial charge >= 0.3 is 36.6 Å². The Morgan fingerprint density at radius 3 is 1.50 bits per heavy atom. The van der Waals surface area contributed by atoms with Crippen LogP contribution in [0.25, 0.3) is 0 Å². The molecule has 0 aromatic heterocycles. The van der Waals surface area contributed by atoms with Crippen molar-refractivity contribution in [2.24, 2.45) is 0 Å². The van der Waals surface area contributed by atoms with E-state index in [2.05, 4.69) is 10.5 Å². The third-order valence-corrected chi connectivity index (χ3v) is 0. The molecule has 0 saturated carbocycles. The van der Waals surface area contributed by atoms with Crippen molar-refractivity contribution in [2.45, 2.75) is 10.5 Å². The van der Waals surface area contributed by atoms with Crippen LogP contribution in [0.4, 0.5) is 0 Å². The van der Waals surface area contributed by atoms with Crippen LogP contribution in [0.2, 0.25) is 10.5 Å². The summed E-state index contributed by atoms with van der Waals surface area (Å²) in [6, 6.07) is 0. The van der Waals surface area contributed by atoms with Crippen LogP contribution >= 0.6 is 9.30 Å². The van der Waals surface area contributed by atoms with Gasteiger partial charge in [0.05, 0.1) is 0 Å². The third-order valence-electron chi connectivity index (χ3n) is 0. The normalized spacial score (nSPS) is 6.75. The van der Waals surface area contributed by atoms with E-state index < -0.39 is 16.8 Å². The van der Waals surface area contributed by atoms with Gasteiger partial charge in [0.25, 0.3) is 0 Å². The molecule has 0 aliphatic carbocycles. The molecule has 0 rings (SSSR count). The molecule has 0 atom stereocenters. The van der Waals surface area contributed by atoms with Gasteiger partial charge in [-0.05, 0) is 0 Å². The van der Waals surface area contributed by atoms with E-state index in [4.69, 9.17) is 9.30 Å². The Labute approximate surface area is 36.9 Å². The third kappa shape index (κ3) is 12.0. The maximum atomic E-state index is 5.44. The van der Waals surface area contributed by atoms with Crippen molar-refractivity contribution >= 4 is 9.30 Å². The summed E-state index contributed by atoms with van der Waals surface area (Å²) in [4.78, 5) is 0. The minimum atomic E-state index is -0.861. The molecule has 0 unspecified atom stereocenters. The maximum absolute atomic E-state index is 5.44. The molecule has 0 aliphatic rings. The summed E-state index contributed by atoms with van der Waals surface area (Å²) in [7, 11) is 5.44. The zero-order valence-corrected chi connectivity index (χ0v) is 5.20. The van der Waals surface area contributed by atoms with E-state index in [0.717, 1.165) is 0 Å². The van der Waals surface area contributed by atoms with Crippen molar-refractivity contribution in [3.63, 3.8) is 0 Å². The fourth-order valence-corrected chi connectivity index (χ4v) is 0. The average Bonchev–Trinajstić information content (AvgIpc) is 0.811. The second-order valence-corrected chi connectivity index (χ2v) is 6.74. The fourth-order valence-electron chi connectivity index (χ4n) is 0. The SMILES string of the molecule is [CH3][Ti]([CH3])[Cl]. The van der Waals surface area contributed by atoms with Crippen LogP contribution in [-0.4, -0.2) is 0 Å². The van der Waals surface area contributed by atoms with Crippen molar-refractivity contribution < 1.29 is 16.8 Å². The molecule has 0 aromatic carbocycles. The molecule has 0 heterocycles. The van der Waals surface area contributed by atoms with Gasteiger partial charge in [-0.2, -0.15) is 0 Å². The molecule has 0 N–H and O–H groups in total. The Morgan fingerprint density at radius 1 is 1.50 bits per heavy atom. The summed E-state index contributed by atoms with van der Waals surface area (Å²) in [5.41, 5.74) is 0. The number of halogens is 1. The van der Waals surface area contributed by atoms with E-state index in [9.17, 15) is 0 Å². The van der Waals surface area contributed by atoms with Crippen molar-refractivity contribution in [2.75, 3.05) is 0 Å². The first-order valence-corrected chi connectivity index (χ1v) is 6.46. The summed E-state index contributed by atoms with van der Waals surface area (Å²) >= 11 is -0.861. The summed E-state index contributed by atoms with van der Waals surface area (Å²) in [6.45, 7) is 0. The standard InChI is InChI=1S/2CH3.ClH.Ti/h2*1H3;1H;/q;;;+1/p-1. The Morgan fingerprint density at radius 2 is 1.50 bits per heavy atom. The van der Waals surface area contributed by atoms with Crippen molar-refractivity contribution in [3.8, 4) is 0 Å². The molecule has 0 saturated heterocycles. The molecule has 4 heavy (non-hydrogen) atoms. The average molecular weight is 113 g/mol. The van der Waals surface area contributed by atoms with Crippen molar-refractivity contribution in [3.05, 3.63) is 0 Å². The van der Waals surface area contributed by atoms with Crippen molar-refractivity contribution in [1.29, 1.82) is 0 Å². The van der Waals surface area contributed by atoms with Gasteiger partial charge in [0.1, 0.15) is 0 Å². The molecule has 0 aromatic rings. The van der Waals surface area contributed by atoms with Gasteiger partial charge in [-0.3, -0.25) is 0 Å². The first kappa shape index (κ1) is 5.00. The number of hydrogen-bond acceptors (Lipinski definition) is 0. The van der Waals surface area contributed by atoms with Gasteiger partial charge in [-0.25, -0.2) is 0 Å². The van der Waals surface area contributed by atoms with Crippen LogP contribution < -0.4 is 0 Å². The fraction of sp³-hybridized carbons (Fsp3) is 1.00. The van der Waals surface area contributed by atoms with Gasteiger partial charge in [0, 0.05) is 0 Å². The van der Waals surface area contributed by atoms with Crippen LogP contribution in [0.3, 0.4) is 0 Å². The van der Waals surface area contributed by atoms with E-state index in [1.807, 2.05) is 0 Å². The van der Waals surface area contributed by atoms with Gasteiger partial charge in [-0.15, -0.1) is 0 Å². The van der Waals surface area contributed by atoms with Gasteiger partial charge in [-0.1, -0.05) is 0 Å². The van der Waals surface area contributed by atoms with Gasteiger partial charge in [0.15, 0.2) is 0 Å². The quantitative estimate of drug-likeness (QED) is 0.421. The molecule has 2 heteroatoms. The molecule has 0 radical (unpaired) electrons. The Balaban J connectivity index is 2.32. The molecule has 0 fully saturated rings. The molecular weight excluding hydrogens is 107 g/mol. The molecule has 0 aliphatic heterocycles. The van der Waals surface area contributed by atoms with Crippen LogP contribution in [-0.2, 0) is 16.8 Å². The van der Waals surface area contributed by atoms with E-state index in [1.54, 1.807) is 0 Å². The predicted molar refractivity (Wildman–Crippen MR) is 17.6 cm³/mol. The van der Waals surface area contributed by atoms with Gasteiger partial charge < -0.3 is 0 Å².